The zero-order chi connectivity index (χ0) is 17.1. The van der Waals surface area contributed by atoms with Crippen molar-refractivity contribution in [2.75, 3.05) is 6.54 Å². The predicted octanol–water partition coefficient (Wildman–Crippen LogP) is 2.94. The van der Waals surface area contributed by atoms with Crippen LogP contribution in [0, 0.1) is 0 Å². The molecule has 1 atom stereocenters. The van der Waals surface area contributed by atoms with Crippen molar-refractivity contribution in [3.8, 4) is 0 Å². The molecule has 0 saturated carbocycles. The van der Waals surface area contributed by atoms with E-state index in [4.69, 9.17) is 9.05 Å². The summed E-state index contributed by atoms with van der Waals surface area (Å²) in [6.07, 6.45) is 3.56. The van der Waals surface area contributed by atoms with Gasteiger partial charge in [0.1, 0.15) is 0 Å². The highest BCUT2D eigenvalue weighted by molar-refractivity contribution is 5.18. The van der Waals surface area contributed by atoms with E-state index in [-0.39, 0.29) is 6.04 Å². The molecule has 7 heteroatoms. The lowest BCUT2D eigenvalue weighted by Gasteiger charge is -2.19. The highest BCUT2D eigenvalue weighted by Crippen LogP contribution is 2.31. The van der Waals surface area contributed by atoms with Crippen molar-refractivity contribution in [1.29, 1.82) is 0 Å². The first-order valence-electron chi connectivity index (χ1n) is 8.73. The van der Waals surface area contributed by atoms with E-state index in [0.29, 0.717) is 30.6 Å². The highest BCUT2D eigenvalue weighted by atomic mass is 16.5. The third-order valence-electron chi connectivity index (χ3n) is 4.50. The monoisotopic (exact) mass is 339 g/mol. The summed E-state index contributed by atoms with van der Waals surface area (Å²) in [5.74, 6) is 2.80. The summed E-state index contributed by atoms with van der Waals surface area (Å²) < 4.78 is 10.7. The van der Waals surface area contributed by atoms with Crippen LogP contribution in [0.15, 0.2) is 39.4 Å². The molecule has 2 aromatic heterocycles. The molecule has 3 heterocycles. The fourth-order valence-electron chi connectivity index (χ4n) is 3.23. The molecule has 0 bridgehead atoms. The predicted molar refractivity (Wildman–Crippen MR) is 89.6 cm³/mol. The maximum absolute atomic E-state index is 5.44. The molecule has 0 spiro atoms. The van der Waals surface area contributed by atoms with Gasteiger partial charge in [0, 0.05) is 12.8 Å². The minimum absolute atomic E-state index is 0.161. The molecule has 4 rings (SSSR count). The van der Waals surface area contributed by atoms with Crippen LogP contribution < -0.4 is 0 Å². The Bertz CT molecular complexity index is 814. The molecule has 0 unspecified atom stereocenters. The lowest BCUT2D eigenvalue weighted by molar-refractivity contribution is 0.202. The Hall–Kier alpha value is -2.54. The van der Waals surface area contributed by atoms with Gasteiger partial charge in [0.2, 0.25) is 11.8 Å². The number of rotatable bonds is 6. The average Bonchev–Trinajstić information content (AvgIpc) is 3.37. The topological polar surface area (TPSA) is 81.1 Å². The Morgan fingerprint density at radius 1 is 1.08 bits per heavy atom. The van der Waals surface area contributed by atoms with Crippen LogP contribution in [-0.4, -0.2) is 31.7 Å². The van der Waals surface area contributed by atoms with Crippen molar-refractivity contribution < 1.29 is 9.05 Å². The van der Waals surface area contributed by atoms with Gasteiger partial charge in [-0.3, -0.25) is 4.90 Å². The summed E-state index contributed by atoms with van der Waals surface area (Å²) in [5.41, 5.74) is 1.17. The molecule has 1 aliphatic heterocycles. The Labute approximate surface area is 146 Å². The molecule has 0 amide bonds. The third kappa shape index (κ3) is 3.61. The number of nitrogens with zero attached hydrogens (tertiary/aromatic N) is 5. The minimum Gasteiger partial charge on any atom is -0.339 e. The minimum atomic E-state index is 0.161. The zero-order valence-corrected chi connectivity index (χ0v) is 14.3. The average molecular weight is 339 g/mol. The van der Waals surface area contributed by atoms with Crippen molar-refractivity contribution in [3.63, 3.8) is 0 Å². The van der Waals surface area contributed by atoms with Crippen LogP contribution in [0.3, 0.4) is 0 Å². The Morgan fingerprint density at radius 3 is 2.72 bits per heavy atom. The summed E-state index contributed by atoms with van der Waals surface area (Å²) >= 11 is 0. The van der Waals surface area contributed by atoms with Crippen LogP contribution in [0.1, 0.15) is 54.8 Å². The second-order valence-electron chi connectivity index (χ2n) is 6.30. The lowest BCUT2D eigenvalue weighted by atomic mass is 10.1. The van der Waals surface area contributed by atoms with Crippen molar-refractivity contribution >= 4 is 0 Å². The van der Waals surface area contributed by atoms with Crippen LogP contribution >= 0.6 is 0 Å². The van der Waals surface area contributed by atoms with Gasteiger partial charge in [0.15, 0.2) is 11.6 Å². The van der Waals surface area contributed by atoms with E-state index in [2.05, 4.69) is 37.3 Å². The van der Waals surface area contributed by atoms with Gasteiger partial charge in [-0.1, -0.05) is 47.6 Å². The third-order valence-corrected chi connectivity index (χ3v) is 4.50. The molecule has 7 nitrogen and oxygen atoms in total. The summed E-state index contributed by atoms with van der Waals surface area (Å²) in [6, 6.07) is 10.3. The van der Waals surface area contributed by atoms with Crippen LogP contribution in [0.25, 0.3) is 0 Å². The van der Waals surface area contributed by atoms with Gasteiger partial charge in [0.05, 0.1) is 12.6 Å². The molecular weight excluding hydrogens is 318 g/mol. The molecule has 0 N–H and O–H groups in total. The summed E-state index contributed by atoms with van der Waals surface area (Å²) in [7, 11) is 0. The van der Waals surface area contributed by atoms with Crippen molar-refractivity contribution in [3.05, 3.63) is 59.3 Å². The molecule has 3 aromatic rings. The largest absolute Gasteiger partial charge is 0.339 e. The summed E-state index contributed by atoms with van der Waals surface area (Å²) in [4.78, 5) is 11.3. The van der Waals surface area contributed by atoms with Crippen molar-refractivity contribution in [2.45, 2.75) is 45.2 Å². The van der Waals surface area contributed by atoms with Gasteiger partial charge in [-0.25, -0.2) is 0 Å². The van der Waals surface area contributed by atoms with Gasteiger partial charge < -0.3 is 9.05 Å². The molecule has 130 valence electrons. The Morgan fingerprint density at radius 2 is 1.92 bits per heavy atom. The Balaban J connectivity index is 1.43. The van der Waals surface area contributed by atoms with Crippen molar-refractivity contribution in [2.24, 2.45) is 0 Å². The molecule has 25 heavy (non-hydrogen) atoms. The van der Waals surface area contributed by atoms with E-state index >= 15 is 0 Å². The molecule has 1 fully saturated rings. The zero-order valence-electron chi connectivity index (χ0n) is 14.3. The number of hydrogen-bond acceptors (Lipinski definition) is 7. The van der Waals surface area contributed by atoms with Crippen LogP contribution in [0.2, 0.25) is 0 Å². The van der Waals surface area contributed by atoms with Crippen molar-refractivity contribution in [1.82, 2.24) is 25.2 Å². The normalized spacial score (nSPS) is 18.0. The number of aryl methyl sites for hydroxylation is 1. The second kappa shape index (κ2) is 7.14. The number of aromatic nitrogens is 4. The summed E-state index contributed by atoms with van der Waals surface area (Å²) in [5, 5.41) is 8.23. The van der Waals surface area contributed by atoms with E-state index < -0.39 is 0 Å². The smallest absolute Gasteiger partial charge is 0.240 e. The molecule has 0 aliphatic carbocycles. The maximum atomic E-state index is 5.44. The van der Waals surface area contributed by atoms with E-state index in [0.717, 1.165) is 31.6 Å². The van der Waals surface area contributed by atoms with E-state index in [9.17, 15) is 0 Å². The SMILES string of the molecule is CCc1nc([C@H]2CCCN2Cc2nc(Cc3ccccc3)no2)no1. The van der Waals surface area contributed by atoms with Gasteiger partial charge >= 0.3 is 0 Å². The maximum Gasteiger partial charge on any atom is 0.240 e. The molecule has 1 aliphatic rings. The number of benzene rings is 1. The summed E-state index contributed by atoms with van der Waals surface area (Å²) in [6.45, 7) is 3.59. The first-order valence-corrected chi connectivity index (χ1v) is 8.73. The first kappa shape index (κ1) is 16.0. The molecule has 0 radical (unpaired) electrons. The van der Waals surface area contributed by atoms with Gasteiger partial charge in [0.25, 0.3) is 0 Å². The quantitative estimate of drug-likeness (QED) is 0.683. The lowest BCUT2D eigenvalue weighted by Crippen LogP contribution is -2.23. The van der Waals surface area contributed by atoms with E-state index in [1.54, 1.807) is 0 Å². The molecule has 1 aromatic carbocycles. The highest BCUT2D eigenvalue weighted by Gasteiger charge is 2.31. The fourth-order valence-corrected chi connectivity index (χ4v) is 3.23. The molecular formula is C18H21N5O2. The van der Waals surface area contributed by atoms with Gasteiger partial charge in [-0.05, 0) is 24.9 Å². The number of hydrogen-bond donors (Lipinski definition) is 0. The van der Waals surface area contributed by atoms with Crippen LogP contribution in [0.5, 0.6) is 0 Å². The van der Waals surface area contributed by atoms with Gasteiger partial charge in [-0.2, -0.15) is 9.97 Å². The van der Waals surface area contributed by atoms with Gasteiger partial charge in [-0.15, -0.1) is 0 Å². The first-order chi connectivity index (χ1) is 12.3. The standard InChI is InChI=1S/C18H21N5O2/c1-2-16-20-18(22-24-16)14-9-6-10-23(14)12-17-19-15(21-25-17)11-13-7-4-3-5-8-13/h3-5,7-8,14H,2,6,9-12H2,1H3/t14-/m1/s1. The van der Waals surface area contributed by atoms with Crippen LogP contribution in [0.4, 0.5) is 0 Å². The molecule has 1 saturated heterocycles. The van der Waals surface area contributed by atoms with Crippen LogP contribution in [-0.2, 0) is 19.4 Å². The number of likely N-dealkylation sites (tertiary alicyclic amines) is 1. The van der Waals surface area contributed by atoms with E-state index in [1.165, 1.54) is 5.56 Å². The fraction of sp³-hybridized carbons (Fsp3) is 0.444. The second-order valence-corrected chi connectivity index (χ2v) is 6.30. The Kier molecular flexibility index (Phi) is 4.56. The van der Waals surface area contributed by atoms with E-state index in [1.807, 2.05) is 25.1 Å².